The Labute approximate surface area is 168 Å². The van der Waals surface area contributed by atoms with Gasteiger partial charge in [-0.1, -0.05) is 36.4 Å². The van der Waals surface area contributed by atoms with Crippen molar-refractivity contribution in [2.75, 3.05) is 13.1 Å². The summed E-state index contributed by atoms with van der Waals surface area (Å²) in [5.41, 5.74) is 1.56. The molecular weight excluding hydrogens is 370 g/mol. The summed E-state index contributed by atoms with van der Waals surface area (Å²) >= 11 is 1.76. The molecule has 4 rings (SSSR count). The van der Waals surface area contributed by atoms with Crippen LogP contribution in [0.4, 0.5) is 0 Å². The van der Waals surface area contributed by atoms with E-state index in [0.717, 1.165) is 36.5 Å². The molecule has 0 radical (unpaired) electrons. The highest BCUT2D eigenvalue weighted by molar-refractivity contribution is 7.09. The largest absolute Gasteiger partial charge is 0.388 e. The van der Waals surface area contributed by atoms with Crippen molar-refractivity contribution in [2.45, 2.75) is 38.5 Å². The standard InChI is InChI=1S/C22H25N3O2S/c1-17-14-20(26)25(23-21(17)18-6-3-2-4-7-18)16-22(27)9-11-24(12-10-22)15-19-8-5-13-28-19/h2-8,13-14,27H,9-12,15-16H2,1H3. The predicted molar refractivity (Wildman–Crippen MR) is 112 cm³/mol. The van der Waals surface area contributed by atoms with Gasteiger partial charge in [-0.25, -0.2) is 4.68 Å². The van der Waals surface area contributed by atoms with Gasteiger partial charge in [-0.2, -0.15) is 5.10 Å². The van der Waals surface area contributed by atoms with Crippen LogP contribution < -0.4 is 5.56 Å². The highest BCUT2D eigenvalue weighted by Crippen LogP contribution is 2.26. The molecule has 1 aliphatic heterocycles. The molecule has 1 aliphatic rings. The minimum absolute atomic E-state index is 0.161. The number of hydrogen-bond donors (Lipinski definition) is 1. The third-order valence-corrected chi connectivity index (χ3v) is 6.29. The second kappa shape index (κ2) is 7.99. The highest BCUT2D eigenvalue weighted by atomic mass is 32.1. The molecule has 2 aromatic heterocycles. The summed E-state index contributed by atoms with van der Waals surface area (Å²) < 4.78 is 1.43. The zero-order chi connectivity index (χ0) is 19.6. The van der Waals surface area contributed by atoms with Crippen molar-refractivity contribution in [3.05, 3.63) is 74.7 Å². The summed E-state index contributed by atoms with van der Waals surface area (Å²) in [4.78, 5) is 16.2. The van der Waals surface area contributed by atoms with E-state index in [-0.39, 0.29) is 12.1 Å². The Bertz CT molecular complexity index is 975. The first-order valence-electron chi connectivity index (χ1n) is 9.64. The van der Waals surface area contributed by atoms with E-state index in [9.17, 15) is 9.90 Å². The van der Waals surface area contributed by atoms with E-state index in [2.05, 4.69) is 27.5 Å². The number of benzene rings is 1. The second-order valence-corrected chi connectivity index (χ2v) is 8.65. The van der Waals surface area contributed by atoms with Crippen LogP contribution in [0.3, 0.4) is 0 Å². The molecule has 0 atom stereocenters. The lowest BCUT2D eigenvalue weighted by Gasteiger charge is -2.38. The van der Waals surface area contributed by atoms with Gasteiger partial charge >= 0.3 is 0 Å². The van der Waals surface area contributed by atoms with E-state index in [0.29, 0.717) is 12.8 Å². The maximum absolute atomic E-state index is 12.5. The van der Waals surface area contributed by atoms with Gasteiger partial charge in [0, 0.05) is 36.1 Å². The maximum atomic E-state index is 12.5. The van der Waals surface area contributed by atoms with Gasteiger partial charge in [0.05, 0.1) is 17.8 Å². The van der Waals surface area contributed by atoms with Crippen molar-refractivity contribution >= 4 is 11.3 Å². The molecule has 1 aromatic carbocycles. The Morgan fingerprint density at radius 2 is 1.89 bits per heavy atom. The summed E-state index contributed by atoms with van der Waals surface area (Å²) in [6, 6.07) is 15.7. The topological polar surface area (TPSA) is 58.4 Å². The van der Waals surface area contributed by atoms with Crippen LogP contribution in [0.5, 0.6) is 0 Å². The Balaban J connectivity index is 1.49. The number of rotatable bonds is 5. The molecule has 146 valence electrons. The van der Waals surface area contributed by atoms with Crippen molar-refractivity contribution in [3.8, 4) is 11.3 Å². The summed E-state index contributed by atoms with van der Waals surface area (Å²) in [6.07, 6.45) is 1.28. The zero-order valence-electron chi connectivity index (χ0n) is 16.0. The number of thiophene rings is 1. The van der Waals surface area contributed by atoms with Crippen molar-refractivity contribution < 1.29 is 5.11 Å². The molecule has 28 heavy (non-hydrogen) atoms. The molecule has 0 spiro atoms. The van der Waals surface area contributed by atoms with Crippen LogP contribution in [0, 0.1) is 6.92 Å². The summed E-state index contributed by atoms with van der Waals surface area (Å²) in [7, 11) is 0. The van der Waals surface area contributed by atoms with Crippen molar-refractivity contribution in [1.29, 1.82) is 0 Å². The van der Waals surface area contributed by atoms with Gasteiger partial charge in [0.2, 0.25) is 0 Å². The van der Waals surface area contributed by atoms with Crippen LogP contribution in [0.1, 0.15) is 23.3 Å². The highest BCUT2D eigenvalue weighted by Gasteiger charge is 2.33. The SMILES string of the molecule is Cc1cc(=O)n(CC2(O)CCN(Cc3cccs3)CC2)nc1-c1ccccc1. The van der Waals surface area contributed by atoms with E-state index in [1.165, 1.54) is 9.56 Å². The smallest absolute Gasteiger partial charge is 0.267 e. The van der Waals surface area contributed by atoms with Crippen LogP contribution in [0.25, 0.3) is 11.3 Å². The van der Waals surface area contributed by atoms with Crippen LogP contribution in [-0.2, 0) is 13.1 Å². The zero-order valence-corrected chi connectivity index (χ0v) is 16.9. The lowest BCUT2D eigenvalue weighted by molar-refractivity contribution is -0.0387. The van der Waals surface area contributed by atoms with E-state index >= 15 is 0 Å². The fourth-order valence-corrected chi connectivity index (χ4v) is 4.51. The van der Waals surface area contributed by atoms with E-state index < -0.39 is 5.60 Å². The number of aromatic nitrogens is 2. The lowest BCUT2D eigenvalue weighted by Crippen LogP contribution is -2.48. The van der Waals surface area contributed by atoms with Gasteiger partial charge in [-0.3, -0.25) is 9.69 Å². The number of hydrogen-bond acceptors (Lipinski definition) is 5. The Kier molecular flexibility index (Phi) is 5.44. The quantitative estimate of drug-likeness (QED) is 0.720. The van der Waals surface area contributed by atoms with Crippen LogP contribution >= 0.6 is 11.3 Å². The lowest BCUT2D eigenvalue weighted by atomic mass is 9.91. The van der Waals surface area contributed by atoms with Crippen LogP contribution in [-0.4, -0.2) is 38.5 Å². The van der Waals surface area contributed by atoms with Gasteiger partial charge in [0.25, 0.3) is 5.56 Å². The molecule has 0 bridgehead atoms. The monoisotopic (exact) mass is 395 g/mol. The first-order chi connectivity index (χ1) is 13.5. The number of nitrogens with zero attached hydrogens (tertiary/aromatic N) is 3. The van der Waals surface area contributed by atoms with Gasteiger partial charge in [-0.05, 0) is 36.8 Å². The number of likely N-dealkylation sites (tertiary alicyclic amines) is 1. The van der Waals surface area contributed by atoms with Crippen molar-refractivity contribution in [2.24, 2.45) is 0 Å². The first-order valence-corrected chi connectivity index (χ1v) is 10.5. The number of aryl methyl sites for hydroxylation is 1. The van der Waals surface area contributed by atoms with E-state index in [1.54, 1.807) is 17.4 Å². The van der Waals surface area contributed by atoms with Gasteiger partial charge in [0.15, 0.2) is 0 Å². The van der Waals surface area contributed by atoms with Crippen molar-refractivity contribution in [3.63, 3.8) is 0 Å². The molecular formula is C22H25N3O2S. The fraction of sp³-hybridized carbons (Fsp3) is 0.364. The molecule has 5 nitrogen and oxygen atoms in total. The normalized spacial score (nSPS) is 16.9. The van der Waals surface area contributed by atoms with Crippen molar-refractivity contribution in [1.82, 2.24) is 14.7 Å². The van der Waals surface area contributed by atoms with Gasteiger partial charge < -0.3 is 5.11 Å². The molecule has 3 aromatic rings. The minimum atomic E-state index is -0.897. The maximum Gasteiger partial charge on any atom is 0.267 e. The molecule has 0 saturated carbocycles. The average molecular weight is 396 g/mol. The van der Waals surface area contributed by atoms with Gasteiger partial charge in [0.1, 0.15) is 0 Å². The number of aliphatic hydroxyl groups is 1. The third-order valence-electron chi connectivity index (χ3n) is 5.43. The van der Waals surface area contributed by atoms with Gasteiger partial charge in [-0.15, -0.1) is 11.3 Å². The summed E-state index contributed by atoms with van der Waals surface area (Å²) in [5.74, 6) is 0. The molecule has 1 saturated heterocycles. The number of piperidine rings is 1. The molecule has 0 unspecified atom stereocenters. The first kappa shape index (κ1) is 19.1. The Morgan fingerprint density at radius 1 is 1.14 bits per heavy atom. The molecule has 1 N–H and O–H groups in total. The Morgan fingerprint density at radius 3 is 2.57 bits per heavy atom. The van der Waals surface area contributed by atoms with E-state index in [4.69, 9.17) is 0 Å². The fourth-order valence-electron chi connectivity index (χ4n) is 3.76. The average Bonchev–Trinajstić information content (AvgIpc) is 3.20. The summed E-state index contributed by atoms with van der Waals surface area (Å²) in [5, 5.41) is 17.8. The van der Waals surface area contributed by atoms with Crippen LogP contribution in [0.15, 0.2) is 58.7 Å². The van der Waals surface area contributed by atoms with E-state index in [1.807, 2.05) is 37.3 Å². The molecule has 0 amide bonds. The minimum Gasteiger partial charge on any atom is -0.388 e. The second-order valence-electron chi connectivity index (χ2n) is 7.62. The molecule has 1 fully saturated rings. The third kappa shape index (κ3) is 4.24. The van der Waals surface area contributed by atoms with Crippen LogP contribution in [0.2, 0.25) is 0 Å². The molecule has 6 heteroatoms. The predicted octanol–water partition coefficient (Wildman–Crippen LogP) is 3.31. The molecule has 0 aliphatic carbocycles. The Hall–Kier alpha value is -2.28. The summed E-state index contributed by atoms with van der Waals surface area (Å²) in [6.45, 7) is 4.70. The molecule has 3 heterocycles.